The van der Waals surface area contributed by atoms with Crippen molar-refractivity contribution in [3.05, 3.63) is 5.82 Å². The highest BCUT2D eigenvalue weighted by Gasteiger charge is 2.28. The van der Waals surface area contributed by atoms with Crippen molar-refractivity contribution in [3.63, 3.8) is 0 Å². The van der Waals surface area contributed by atoms with Crippen molar-refractivity contribution in [2.24, 2.45) is 0 Å². The van der Waals surface area contributed by atoms with Gasteiger partial charge in [0, 0.05) is 6.04 Å². The smallest absolute Gasteiger partial charge is 0.317 e. The number of carbonyl (C=O) groups is 1. The molecule has 1 aromatic rings. The molecule has 1 saturated carbocycles. The van der Waals surface area contributed by atoms with E-state index >= 15 is 0 Å². The maximum atomic E-state index is 10.8. The third-order valence-electron chi connectivity index (χ3n) is 2.87. The molecule has 0 amide bonds. The first-order valence-corrected chi connectivity index (χ1v) is 5.80. The lowest BCUT2D eigenvalue weighted by atomic mass is 10.3. The van der Waals surface area contributed by atoms with Crippen LogP contribution in [0.4, 0.5) is 0 Å². The molecule has 0 spiro atoms. The molecule has 0 unspecified atom stereocenters. The Morgan fingerprint density at radius 3 is 2.82 bits per heavy atom. The average molecular weight is 239 g/mol. The molecule has 1 aromatic heterocycles. The molecule has 7 heteroatoms. The summed E-state index contributed by atoms with van der Waals surface area (Å²) in [7, 11) is 0. The molecule has 2 rings (SSSR count). The minimum Gasteiger partial charge on any atom is -0.480 e. The lowest BCUT2D eigenvalue weighted by Gasteiger charge is -2.23. The van der Waals surface area contributed by atoms with Crippen molar-refractivity contribution in [2.45, 2.75) is 45.3 Å². The molecule has 0 bridgehead atoms. The minimum absolute atomic E-state index is 0.00912. The van der Waals surface area contributed by atoms with E-state index in [-0.39, 0.29) is 12.6 Å². The Balaban J connectivity index is 2.05. The second-order valence-electron chi connectivity index (χ2n) is 4.66. The third-order valence-corrected chi connectivity index (χ3v) is 2.87. The van der Waals surface area contributed by atoms with E-state index in [0.717, 1.165) is 18.7 Å². The molecule has 0 atom stereocenters. The number of hydrogen-bond donors (Lipinski definition) is 1. The first-order chi connectivity index (χ1) is 8.08. The van der Waals surface area contributed by atoms with Gasteiger partial charge < -0.3 is 5.11 Å². The van der Waals surface area contributed by atoms with Crippen LogP contribution in [0.1, 0.15) is 38.6 Å². The Labute approximate surface area is 99.4 Å². The van der Waals surface area contributed by atoms with Crippen molar-refractivity contribution >= 4 is 5.97 Å². The van der Waals surface area contributed by atoms with Crippen LogP contribution in [-0.2, 0) is 11.3 Å². The second-order valence-corrected chi connectivity index (χ2v) is 4.66. The summed E-state index contributed by atoms with van der Waals surface area (Å²) in [4.78, 5) is 12.6. The zero-order valence-electron chi connectivity index (χ0n) is 10.1. The van der Waals surface area contributed by atoms with Crippen molar-refractivity contribution < 1.29 is 9.90 Å². The summed E-state index contributed by atoms with van der Waals surface area (Å²) < 4.78 is 1.82. The summed E-state index contributed by atoms with van der Waals surface area (Å²) in [6.07, 6.45) is 2.22. The molecule has 94 valence electrons. The molecule has 0 aliphatic heterocycles. The molecular formula is C10H17N5O2. The zero-order chi connectivity index (χ0) is 12.4. The number of carboxylic acids is 1. The van der Waals surface area contributed by atoms with Gasteiger partial charge in [-0.05, 0) is 37.1 Å². The fourth-order valence-corrected chi connectivity index (χ4v) is 1.70. The molecule has 0 aromatic carbocycles. The quantitative estimate of drug-likeness (QED) is 0.768. The van der Waals surface area contributed by atoms with Crippen LogP contribution in [0.3, 0.4) is 0 Å². The summed E-state index contributed by atoms with van der Waals surface area (Å²) in [6.45, 7) is 4.42. The SMILES string of the molecule is CC(C)N(CC(=O)O)Cc1nnnn1C1CC1. The average Bonchev–Trinajstić information content (AvgIpc) is 2.98. The predicted molar refractivity (Wildman–Crippen MR) is 59.3 cm³/mol. The highest BCUT2D eigenvalue weighted by atomic mass is 16.4. The number of aliphatic carboxylic acids is 1. The summed E-state index contributed by atoms with van der Waals surface area (Å²) in [5, 5.41) is 20.4. The first-order valence-electron chi connectivity index (χ1n) is 5.80. The highest BCUT2D eigenvalue weighted by molar-refractivity contribution is 5.69. The van der Waals surface area contributed by atoms with Crippen molar-refractivity contribution in [1.29, 1.82) is 0 Å². The Hall–Kier alpha value is -1.50. The van der Waals surface area contributed by atoms with Gasteiger partial charge in [-0.3, -0.25) is 9.69 Å². The number of rotatable bonds is 6. The van der Waals surface area contributed by atoms with Crippen LogP contribution in [0.5, 0.6) is 0 Å². The van der Waals surface area contributed by atoms with E-state index < -0.39 is 5.97 Å². The number of hydrogen-bond acceptors (Lipinski definition) is 5. The van der Waals surface area contributed by atoms with Crippen molar-refractivity contribution in [2.75, 3.05) is 6.54 Å². The van der Waals surface area contributed by atoms with Crippen LogP contribution in [-0.4, -0.2) is 48.8 Å². The van der Waals surface area contributed by atoms with Gasteiger partial charge in [0.05, 0.1) is 19.1 Å². The predicted octanol–water partition coefficient (Wildman–Crippen LogP) is 0.303. The lowest BCUT2D eigenvalue weighted by molar-refractivity contribution is -0.139. The van der Waals surface area contributed by atoms with E-state index in [1.165, 1.54) is 0 Å². The maximum absolute atomic E-state index is 10.8. The highest BCUT2D eigenvalue weighted by Crippen LogP contribution is 2.34. The summed E-state index contributed by atoms with van der Waals surface area (Å²) in [5.74, 6) is -0.0772. The van der Waals surface area contributed by atoms with E-state index in [1.807, 2.05) is 23.4 Å². The van der Waals surface area contributed by atoms with E-state index in [0.29, 0.717) is 12.6 Å². The zero-order valence-corrected chi connectivity index (χ0v) is 10.1. The monoisotopic (exact) mass is 239 g/mol. The standard InChI is InChI=1S/C10H17N5O2/c1-7(2)14(6-10(16)17)5-9-11-12-13-15(9)8-3-4-8/h7-8H,3-6H2,1-2H3,(H,16,17). The molecule has 1 aliphatic carbocycles. The fraction of sp³-hybridized carbons (Fsp3) is 0.800. The van der Waals surface area contributed by atoms with Gasteiger partial charge in [0.15, 0.2) is 5.82 Å². The molecule has 1 N–H and O–H groups in total. The van der Waals surface area contributed by atoms with Gasteiger partial charge in [-0.25, -0.2) is 4.68 Å². The molecular weight excluding hydrogens is 222 g/mol. The molecule has 0 radical (unpaired) electrons. The van der Waals surface area contributed by atoms with Gasteiger partial charge in [0.1, 0.15) is 0 Å². The fourth-order valence-electron chi connectivity index (χ4n) is 1.70. The topological polar surface area (TPSA) is 84.1 Å². The largest absolute Gasteiger partial charge is 0.480 e. The van der Waals surface area contributed by atoms with Gasteiger partial charge in [0.25, 0.3) is 0 Å². The number of carboxylic acid groups (broad SMARTS) is 1. The maximum Gasteiger partial charge on any atom is 0.317 e. The summed E-state index contributed by atoms with van der Waals surface area (Å²) in [5.41, 5.74) is 0. The Morgan fingerprint density at radius 1 is 1.59 bits per heavy atom. The lowest BCUT2D eigenvalue weighted by Crippen LogP contribution is -2.36. The van der Waals surface area contributed by atoms with Crippen LogP contribution in [0.25, 0.3) is 0 Å². The van der Waals surface area contributed by atoms with Crippen LogP contribution in [0.15, 0.2) is 0 Å². The van der Waals surface area contributed by atoms with E-state index in [1.54, 1.807) is 0 Å². The van der Waals surface area contributed by atoms with Gasteiger partial charge in [-0.1, -0.05) is 0 Å². The Morgan fingerprint density at radius 2 is 2.29 bits per heavy atom. The van der Waals surface area contributed by atoms with Gasteiger partial charge in [0.2, 0.25) is 0 Å². The molecule has 1 heterocycles. The van der Waals surface area contributed by atoms with Crippen LogP contribution in [0, 0.1) is 0 Å². The Kier molecular flexibility index (Phi) is 3.37. The van der Waals surface area contributed by atoms with Gasteiger partial charge in [-0.15, -0.1) is 5.10 Å². The van der Waals surface area contributed by atoms with E-state index in [2.05, 4.69) is 15.5 Å². The number of nitrogens with zero attached hydrogens (tertiary/aromatic N) is 5. The Bertz CT molecular complexity index is 399. The normalized spacial score (nSPS) is 15.8. The second kappa shape index (κ2) is 4.79. The van der Waals surface area contributed by atoms with Crippen molar-refractivity contribution in [3.8, 4) is 0 Å². The van der Waals surface area contributed by atoms with Crippen LogP contribution in [0.2, 0.25) is 0 Å². The molecule has 1 aliphatic rings. The third kappa shape index (κ3) is 3.00. The van der Waals surface area contributed by atoms with Crippen LogP contribution < -0.4 is 0 Å². The number of aromatic nitrogens is 4. The molecule has 1 fully saturated rings. The van der Waals surface area contributed by atoms with Crippen LogP contribution >= 0.6 is 0 Å². The van der Waals surface area contributed by atoms with E-state index in [4.69, 9.17) is 5.11 Å². The van der Waals surface area contributed by atoms with Gasteiger partial charge >= 0.3 is 5.97 Å². The molecule has 17 heavy (non-hydrogen) atoms. The number of tetrazole rings is 1. The van der Waals surface area contributed by atoms with Gasteiger partial charge in [-0.2, -0.15) is 0 Å². The minimum atomic E-state index is -0.829. The first kappa shape index (κ1) is 12.0. The summed E-state index contributed by atoms with van der Waals surface area (Å²) in [6, 6.07) is 0.564. The summed E-state index contributed by atoms with van der Waals surface area (Å²) >= 11 is 0. The van der Waals surface area contributed by atoms with E-state index in [9.17, 15) is 4.79 Å². The molecule has 7 nitrogen and oxygen atoms in total. The molecule has 0 saturated heterocycles. The van der Waals surface area contributed by atoms with Crippen molar-refractivity contribution in [1.82, 2.24) is 25.1 Å².